The molecule has 0 aliphatic rings. The van der Waals surface area contributed by atoms with Gasteiger partial charge in [0.05, 0.1) is 10.5 Å². The molecule has 8 heteroatoms. The van der Waals surface area contributed by atoms with Crippen LogP contribution in [-0.2, 0) is 21.4 Å². The van der Waals surface area contributed by atoms with Crippen LogP contribution in [0.5, 0.6) is 0 Å². The molecule has 23 heavy (non-hydrogen) atoms. The largest absolute Gasteiger partial charge is 0.457 e. The lowest BCUT2D eigenvalue weighted by molar-refractivity contribution is 0.0472. The number of esters is 1. The predicted octanol–water partition coefficient (Wildman–Crippen LogP) is 3.31. The minimum atomic E-state index is -3.91. The third-order valence-corrected chi connectivity index (χ3v) is 4.74. The van der Waals surface area contributed by atoms with E-state index in [1.807, 2.05) is 0 Å². The molecule has 0 saturated heterocycles. The van der Waals surface area contributed by atoms with Crippen LogP contribution in [0.25, 0.3) is 0 Å². The third kappa shape index (κ3) is 4.45. The lowest BCUT2D eigenvalue weighted by Gasteiger charge is -2.09. The van der Waals surface area contributed by atoms with E-state index >= 15 is 0 Å². The van der Waals surface area contributed by atoms with E-state index in [2.05, 4.69) is 0 Å². The van der Waals surface area contributed by atoms with E-state index in [1.54, 1.807) is 19.1 Å². The molecule has 0 radical (unpaired) electrons. The first-order valence-electron chi connectivity index (χ1n) is 6.43. The second-order valence-electron chi connectivity index (χ2n) is 4.84. The van der Waals surface area contributed by atoms with Crippen molar-refractivity contribution in [3.05, 3.63) is 63.1 Å². The molecule has 0 unspecified atom stereocenters. The molecular weight excluding hydrogens is 361 g/mol. The molecule has 2 aromatic carbocycles. The molecule has 0 aliphatic heterocycles. The first-order chi connectivity index (χ1) is 10.7. The minimum absolute atomic E-state index is 0.0621. The Labute approximate surface area is 144 Å². The Morgan fingerprint density at radius 1 is 1.17 bits per heavy atom. The van der Waals surface area contributed by atoms with Crippen molar-refractivity contribution < 1.29 is 17.9 Å². The van der Waals surface area contributed by atoms with Gasteiger partial charge in [0, 0.05) is 15.6 Å². The van der Waals surface area contributed by atoms with E-state index in [0.717, 1.165) is 0 Å². The summed E-state index contributed by atoms with van der Waals surface area (Å²) in [6.45, 7) is 1.52. The van der Waals surface area contributed by atoms with Gasteiger partial charge in [0.25, 0.3) is 0 Å². The van der Waals surface area contributed by atoms with Crippen molar-refractivity contribution in [2.24, 2.45) is 5.14 Å². The SMILES string of the molecule is Cc1ccc(C(=O)OCc2ccc(Cl)cc2Cl)cc1S(N)(=O)=O. The third-order valence-electron chi connectivity index (χ3n) is 3.10. The van der Waals surface area contributed by atoms with E-state index in [9.17, 15) is 13.2 Å². The van der Waals surface area contributed by atoms with Crippen LogP contribution >= 0.6 is 23.2 Å². The number of rotatable bonds is 4. The highest BCUT2D eigenvalue weighted by Crippen LogP contribution is 2.22. The Bertz CT molecular complexity index is 866. The number of hydrogen-bond donors (Lipinski definition) is 1. The maximum Gasteiger partial charge on any atom is 0.338 e. The zero-order valence-corrected chi connectivity index (χ0v) is 14.4. The van der Waals surface area contributed by atoms with Crippen LogP contribution in [-0.4, -0.2) is 14.4 Å². The Hall–Kier alpha value is -1.60. The summed E-state index contributed by atoms with van der Waals surface area (Å²) in [5.41, 5.74) is 1.12. The molecule has 122 valence electrons. The highest BCUT2D eigenvalue weighted by molar-refractivity contribution is 7.89. The Morgan fingerprint density at radius 2 is 1.87 bits per heavy atom. The van der Waals surface area contributed by atoms with E-state index < -0.39 is 16.0 Å². The number of hydrogen-bond acceptors (Lipinski definition) is 4. The minimum Gasteiger partial charge on any atom is -0.457 e. The standard InChI is InChI=1S/C15H13Cl2NO4S/c1-9-2-3-10(6-14(9)23(18,20)21)15(19)22-8-11-4-5-12(16)7-13(11)17/h2-7H,8H2,1H3,(H2,18,20,21). The van der Waals surface area contributed by atoms with Crippen LogP contribution in [0.3, 0.4) is 0 Å². The average molecular weight is 374 g/mol. The van der Waals surface area contributed by atoms with Crippen LogP contribution in [0.15, 0.2) is 41.3 Å². The Morgan fingerprint density at radius 3 is 2.48 bits per heavy atom. The number of sulfonamides is 1. The van der Waals surface area contributed by atoms with Gasteiger partial charge in [-0.1, -0.05) is 35.3 Å². The summed E-state index contributed by atoms with van der Waals surface area (Å²) < 4.78 is 28.1. The van der Waals surface area contributed by atoms with Crippen molar-refractivity contribution in [2.75, 3.05) is 0 Å². The number of ether oxygens (including phenoxy) is 1. The summed E-state index contributed by atoms with van der Waals surface area (Å²) in [6, 6.07) is 8.96. The summed E-state index contributed by atoms with van der Waals surface area (Å²) in [6.07, 6.45) is 0. The molecule has 0 bridgehead atoms. The van der Waals surface area contributed by atoms with Gasteiger partial charge in [0.15, 0.2) is 0 Å². The molecule has 2 rings (SSSR count). The maximum atomic E-state index is 12.1. The normalized spacial score (nSPS) is 11.3. The number of primary sulfonamides is 1. The second kappa shape index (κ2) is 6.88. The number of nitrogens with two attached hydrogens (primary N) is 1. The molecule has 0 aliphatic carbocycles. The fourth-order valence-corrected chi connectivity index (χ4v) is 3.17. The molecule has 0 atom stereocenters. The number of benzene rings is 2. The van der Waals surface area contributed by atoms with Crippen molar-refractivity contribution >= 4 is 39.2 Å². The van der Waals surface area contributed by atoms with Crippen molar-refractivity contribution in [1.29, 1.82) is 0 Å². The molecule has 0 fully saturated rings. The van der Waals surface area contributed by atoms with Gasteiger partial charge in [0.1, 0.15) is 6.61 Å². The maximum absolute atomic E-state index is 12.1. The Balaban J connectivity index is 2.18. The molecule has 0 heterocycles. The lowest BCUT2D eigenvalue weighted by atomic mass is 10.1. The average Bonchev–Trinajstić information content (AvgIpc) is 2.45. The van der Waals surface area contributed by atoms with Crippen LogP contribution in [0.2, 0.25) is 10.0 Å². The zero-order chi connectivity index (χ0) is 17.2. The van der Waals surface area contributed by atoms with Crippen LogP contribution in [0.4, 0.5) is 0 Å². The number of halogens is 2. The van der Waals surface area contributed by atoms with Crippen molar-refractivity contribution in [3.63, 3.8) is 0 Å². The Kier molecular flexibility index (Phi) is 5.31. The van der Waals surface area contributed by atoms with E-state index in [1.165, 1.54) is 24.3 Å². The molecule has 5 nitrogen and oxygen atoms in total. The van der Waals surface area contributed by atoms with Crippen LogP contribution in [0.1, 0.15) is 21.5 Å². The molecule has 2 aromatic rings. The number of carbonyl (C=O) groups is 1. The van der Waals surface area contributed by atoms with Crippen molar-refractivity contribution in [2.45, 2.75) is 18.4 Å². The number of carbonyl (C=O) groups excluding carboxylic acids is 1. The summed E-state index contributed by atoms with van der Waals surface area (Å²) in [5, 5.41) is 5.96. The summed E-state index contributed by atoms with van der Waals surface area (Å²) in [4.78, 5) is 11.9. The van der Waals surface area contributed by atoms with Gasteiger partial charge >= 0.3 is 5.97 Å². The highest BCUT2D eigenvalue weighted by atomic mass is 35.5. The van der Waals surface area contributed by atoms with Gasteiger partial charge in [-0.25, -0.2) is 18.4 Å². The highest BCUT2D eigenvalue weighted by Gasteiger charge is 2.16. The molecular formula is C15H13Cl2NO4S. The van der Waals surface area contributed by atoms with Crippen LogP contribution in [0, 0.1) is 6.92 Å². The lowest BCUT2D eigenvalue weighted by Crippen LogP contribution is -2.15. The van der Waals surface area contributed by atoms with Gasteiger partial charge in [0.2, 0.25) is 10.0 Å². The van der Waals surface area contributed by atoms with Gasteiger partial charge < -0.3 is 4.74 Å². The second-order valence-corrected chi connectivity index (χ2v) is 7.21. The molecule has 0 spiro atoms. The van der Waals surface area contributed by atoms with Gasteiger partial charge in [-0.15, -0.1) is 0 Å². The van der Waals surface area contributed by atoms with Gasteiger partial charge in [-0.2, -0.15) is 0 Å². The van der Waals surface area contributed by atoms with Gasteiger partial charge in [-0.3, -0.25) is 0 Å². The van der Waals surface area contributed by atoms with Crippen LogP contribution < -0.4 is 5.14 Å². The number of aryl methyl sites for hydroxylation is 1. The topological polar surface area (TPSA) is 86.5 Å². The zero-order valence-electron chi connectivity index (χ0n) is 12.0. The van der Waals surface area contributed by atoms with Crippen molar-refractivity contribution in [3.8, 4) is 0 Å². The first-order valence-corrected chi connectivity index (χ1v) is 8.73. The van der Waals surface area contributed by atoms with E-state index in [4.69, 9.17) is 33.1 Å². The summed E-state index contributed by atoms with van der Waals surface area (Å²) in [7, 11) is -3.91. The molecule has 0 saturated carbocycles. The monoisotopic (exact) mass is 373 g/mol. The van der Waals surface area contributed by atoms with E-state index in [-0.39, 0.29) is 17.1 Å². The summed E-state index contributed by atoms with van der Waals surface area (Å²) in [5.74, 6) is -0.680. The fourth-order valence-electron chi connectivity index (χ4n) is 1.90. The quantitative estimate of drug-likeness (QED) is 0.832. The molecule has 0 amide bonds. The predicted molar refractivity (Wildman–Crippen MR) is 88.1 cm³/mol. The van der Waals surface area contributed by atoms with Gasteiger partial charge in [-0.05, 0) is 36.8 Å². The molecule has 2 N–H and O–H groups in total. The molecule has 0 aromatic heterocycles. The van der Waals surface area contributed by atoms with Crippen molar-refractivity contribution in [1.82, 2.24) is 0 Å². The first kappa shape index (κ1) is 17.7. The summed E-state index contributed by atoms with van der Waals surface area (Å²) >= 11 is 11.8. The fraction of sp³-hybridized carbons (Fsp3) is 0.133. The smallest absolute Gasteiger partial charge is 0.338 e. The van der Waals surface area contributed by atoms with E-state index in [0.29, 0.717) is 21.2 Å².